The molecule has 0 radical (unpaired) electrons. The Bertz CT molecular complexity index is 740. The summed E-state index contributed by atoms with van der Waals surface area (Å²) in [5.74, 6) is 0.622. The molecule has 0 spiro atoms. The fourth-order valence-electron chi connectivity index (χ4n) is 3.03. The molecule has 0 saturated carbocycles. The van der Waals surface area contributed by atoms with Crippen molar-refractivity contribution in [3.8, 4) is 0 Å². The molecule has 1 saturated heterocycles. The Kier molecular flexibility index (Phi) is 5.85. The normalized spacial score (nSPS) is 16.1. The molecule has 1 fully saturated rings. The van der Waals surface area contributed by atoms with Crippen LogP contribution < -0.4 is 10.2 Å². The lowest BCUT2D eigenvalue weighted by molar-refractivity contribution is 0.0198. The minimum Gasteiger partial charge on any atom is -0.379 e. The number of nitrogens with zero attached hydrogens (tertiary/aromatic N) is 3. The Hall–Kier alpha value is -2.44. The van der Waals surface area contributed by atoms with E-state index in [1.54, 1.807) is 18.3 Å². The summed E-state index contributed by atoms with van der Waals surface area (Å²) in [7, 11) is 3.80. The summed E-state index contributed by atoms with van der Waals surface area (Å²) < 4.78 is 5.42. The van der Waals surface area contributed by atoms with E-state index in [9.17, 15) is 4.79 Å². The third-order valence-corrected chi connectivity index (χ3v) is 4.71. The first-order chi connectivity index (χ1) is 12.5. The van der Waals surface area contributed by atoms with Crippen LogP contribution in [0.3, 0.4) is 0 Å². The van der Waals surface area contributed by atoms with E-state index in [0.29, 0.717) is 11.6 Å². The first kappa shape index (κ1) is 18.4. The van der Waals surface area contributed by atoms with Crippen molar-refractivity contribution in [2.75, 3.05) is 50.6 Å². The average molecular weight is 354 g/mol. The van der Waals surface area contributed by atoms with Gasteiger partial charge in [-0.15, -0.1) is 0 Å². The molecule has 26 heavy (non-hydrogen) atoms. The van der Waals surface area contributed by atoms with Crippen LogP contribution in [0.1, 0.15) is 28.9 Å². The molecule has 1 aromatic carbocycles. The van der Waals surface area contributed by atoms with E-state index in [2.05, 4.69) is 34.3 Å². The first-order valence-electron chi connectivity index (χ1n) is 8.91. The predicted molar refractivity (Wildman–Crippen MR) is 104 cm³/mol. The van der Waals surface area contributed by atoms with Gasteiger partial charge in [0.2, 0.25) is 0 Å². The Balaban J connectivity index is 1.65. The molecule has 6 heteroatoms. The second-order valence-electron chi connectivity index (χ2n) is 6.70. The SMILES string of the molecule is CC(c1ccc(NC(=O)c2ccnc(N(C)C)c2)cc1)N1CCOCC1. The van der Waals surface area contributed by atoms with E-state index in [1.807, 2.05) is 31.1 Å². The molecule has 2 heterocycles. The number of hydrogen-bond donors (Lipinski definition) is 1. The summed E-state index contributed by atoms with van der Waals surface area (Å²) in [6, 6.07) is 11.9. The van der Waals surface area contributed by atoms with Gasteiger partial charge in [-0.1, -0.05) is 12.1 Å². The van der Waals surface area contributed by atoms with Crippen molar-refractivity contribution >= 4 is 17.4 Å². The zero-order chi connectivity index (χ0) is 18.5. The number of ether oxygens (including phenoxy) is 1. The lowest BCUT2D eigenvalue weighted by atomic mass is 10.1. The maximum Gasteiger partial charge on any atom is 0.255 e. The van der Waals surface area contributed by atoms with Crippen LogP contribution in [0.5, 0.6) is 0 Å². The van der Waals surface area contributed by atoms with Gasteiger partial charge in [0.05, 0.1) is 13.2 Å². The number of amides is 1. The van der Waals surface area contributed by atoms with Gasteiger partial charge >= 0.3 is 0 Å². The van der Waals surface area contributed by atoms with Gasteiger partial charge in [-0.3, -0.25) is 9.69 Å². The number of benzene rings is 1. The van der Waals surface area contributed by atoms with Crippen molar-refractivity contribution in [1.82, 2.24) is 9.88 Å². The van der Waals surface area contributed by atoms with Gasteiger partial charge in [0.15, 0.2) is 0 Å². The maximum absolute atomic E-state index is 12.5. The van der Waals surface area contributed by atoms with Gasteiger partial charge in [0.1, 0.15) is 5.82 Å². The molecule has 6 nitrogen and oxygen atoms in total. The maximum atomic E-state index is 12.5. The second kappa shape index (κ2) is 8.29. The molecule has 1 N–H and O–H groups in total. The standard InChI is InChI=1S/C20H26N4O2/c1-15(24-10-12-26-13-11-24)16-4-6-18(7-5-16)22-20(25)17-8-9-21-19(14-17)23(2)3/h4-9,14-15H,10-13H2,1-3H3,(H,22,25). The highest BCUT2D eigenvalue weighted by molar-refractivity contribution is 6.04. The zero-order valence-electron chi connectivity index (χ0n) is 15.6. The topological polar surface area (TPSA) is 57.7 Å². The van der Waals surface area contributed by atoms with Crippen LogP contribution in [0.2, 0.25) is 0 Å². The van der Waals surface area contributed by atoms with Crippen molar-refractivity contribution in [3.05, 3.63) is 53.7 Å². The van der Waals surface area contributed by atoms with E-state index in [-0.39, 0.29) is 5.91 Å². The largest absolute Gasteiger partial charge is 0.379 e. The van der Waals surface area contributed by atoms with Crippen LogP contribution in [0, 0.1) is 0 Å². The van der Waals surface area contributed by atoms with Gasteiger partial charge in [0, 0.05) is 50.7 Å². The Morgan fingerprint density at radius 2 is 1.88 bits per heavy atom. The van der Waals surface area contributed by atoms with Crippen LogP contribution in [-0.2, 0) is 4.74 Å². The molecule has 3 rings (SSSR count). The smallest absolute Gasteiger partial charge is 0.255 e. The van der Waals surface area contributed by atoms with Gasteiger partial charge in [0.25, 0.3) is 5.91 Å². The number of carbonyl (C=O) groups is 1. The first-order valence-corrected chi connectivity index (χ1v) is 8.91. The van der Waals surface area contributed by atoms with E-state index in [0.717, 1.165) is 37.8 Å². The molecule has 0 bridgehead atoms. The number of carbonyl (C=O) groups excluding carboxylic acids is 1. The number of aromatic nitrogens is 1. The third-order valence-electron chi connectivity index (χ3n) is 4.71. The summed E-state index contributed by atoms with van der Waals surface area (Å²) in [5, 5.41) is 2.95. The van der Waals surface area contributed by atoms with E-state index < -0.39 is 0 Å². The highest BCUT2D eigenvalue weighted by Crippen LogP contribution is 2.23. The molecule has 1 aliphatic heterocycles. The monoisotopic (exact) mass is 354 g/mol. The molecule has 2 aromatic rings. The second-order valence-corrected chi connectivity index (χ2v) is 6.70. The lowest BCUT2D eigenvalue weighted by Gasteiger charge is -2.32. The minimum atomic E-state index is -0.135. The summed E-state index contributed by atoms with van der Waals surface area (Å²) in [5.41, 5.74) is 2.62. The fraction of sp³-hybridized carbons (Fsp3) is 0.400. The third kappa shape index (κ3) is 4.39. The minimum absolute atomic E-state index is 0.135. The molecule has 1 amide bonds. The lowest BCUT2D eigenvalue weighted by Crippen LogP contribution is -2.37. The number of nitrogens with one attached hydrogen (secondary N) is 1. The van der Waals surface area contributed by atoms with Crippen molar-refractivity contribution in [2.24, 2.45) is 0 Å². The predicted octanol–water partition coefficient (Wildman–Crippen LogP) is 2.79. The molecule has 1 aromatic heterocycles. The van der Waals surface area contributed by atoms with Crippen molar-refractivity contribution in [3.63, 3.8) is 0 Å². The van der Waals surface area contributed by atoms with Crippen molar-refractivity contribution in [1.29, 1.82) is 0 Å². The Labute approximate surface area is 154 Å². The number of anilines is 2. The molecule has 0 aliphatic carbocycles. The van der Waals surface area contributed by atoms with E-state index in [4.69, 9.17) is 4.74 Å². The van der Waals surface area contributed by atoms with Crippen molar-refractivity contribution in [2.45, 2.75) is 13.0 Å². The summed E-state index contributed by atoms with van der Waals surface area (Å²) >= 11 is 0. The molecule has 1 atom stereocenters. The highest BCUT2D eigenvalue weighted by atomic mass is 16.5. The zero-order valence-corrected chi connectivity index (χ0v) is 15.6. The molecule has 1 aliphatic rings. The van der Waals surface area contributed by atoms with Gasteiger partial charge in [-0.25, -0.2) is 4.98 Å². The number of hydrogen-bond acceptors (Lipinski definition) is 5. The van der Waals surface area contributed by atoms with Gasteiger partial charge in [-0.05, 0) is 36.8 Å². The van der Waals surface area contributed by atoms with Crippen LogP contribution in [0.25, 0.3) is 0 Å². The average Bonchev–Trinajstić information content (AvgIpc) is 2.68. The Morgan fingerprint density at radius 1 is 1.19 bits per heavy atom. The Morgan fingerprint density at radius 3 is 2.54 bits per heavy atom. The molecular formula is C20H26N4O2. The van der Waals surface area contributed by atoms with Gasteiger partial charge < -0.3 is 15.0 Å². The van der Waals surface area contributed by atoms with Crippen LogP contribution in [0.15, 0.2) is 42.6 Å². The number of rotatable bonds is 5. The van der Waals surface area contributed by atoms with E-state index in [1.165, 1.54) is 5.56 Å². The van der Waals surface area contributed by atoms with Gasteiger partial charge in [-0.2, -0.15) is 0 Å². The number of pyridine rings is 1. The fourth-order valence-corrected chi connectivity index (χ4v) is 3.03. The molecular weight excluding hydrogens is 328 g/mol. The molecule has 138 valence electrons. The van der Waals surface area contributed by atoms with Crippen LogP contribution in [0.4, 0.5) is 11.5 Å². The summed E-state index contributed by atoms with van der Waals surface area (Å²) in [4.78, 5) is 21.0. The highest BCUT2D eigenvalue weighted by Gasteiger charge is 2.18. The molecule has 1 unspecified atom stereocenters. The quantitative estimate of drug-likeness (QED) is 0.895. The van der Waals surface area contributed by atoms with Crippen LogP contribution in [-0.4, -0.2) is 56.2 Å². The summed E-state index contributed by atoms with van der Waals surface area (Å²) in [6.45, 7) is 5.70. The van der Waals surface area contributed by atoms with E-state index >= 15 is 0 Å². The number of morpholine rings is 1. The van der Waals surface area contributed by atoms with Crippen molar-refractivity contribution < 1.29 is 9.53 Å². The summed E-state index contributed by atoms with van der Waals surface area (Å²) in [6.07, 6.45) is 1.65. The van der Waals surface area contributed by atoms with Crippen LogP contribution >= 0.6 is 0 Å².